The lowest BCUT2D eigenvalue weighted by atomic mass is 10.1. The van der Waals surface area contributed by atoms with Crippen molar-refractivity contribution in [2.24, 2.45) is 0 Å². The Hall–Kier alpha value is -2.45. The number of aliphatic hydroxyl groups is 1. The van der Waals surface area contributed by atoms with Crippen LogP contribution in [0.1, 0.15) is 29.6 Å². The average Bonchev–Trinajstić information content (AvgIpc) is 3.39. The Balaban J connectivity index is 1.51. The summed E-state index contributed by atoms with van der Waals surface area (Å²) in [6.07, 6.45) is 8.07. The predicted molar refractivity (Wildman–Crippen MR) is 93.7 cm³/mol. The summed E-state index contributed by atoms with van der Waals surface area (Å²) in [7, 11) is 0. The zero-order valence-electron chi connectivity index (χ0n) is 14.4. The fourth-order valence-electron chi connectivity index (χ4n) is 3.98. The quantitative estimate of drug-likeness (QED) is 0.723. The molecule has 8 nitrogen and oxygen atoms in total. The molecule has 1 saturated heterocycles. The van der Waals surface area contributed by atoms with Crippen molar-refractivity contribution >= 4 is 5.91 Å². The molecular formula is C18H23N5O3. The maximum Gasteiger partial charge on any atom is 0.254 e. The number of carbonyl (C=O) groups excluding carboxylic acids is 1. The second-order valence-electron chi connectivity index (χ2n) is 6.87. The van der Waals surface area contributed by atoms with Crippen LogP contribution >= 0.6 is 0 Å². The molecule has 0 radical (unpaired) electrons. The van der Waals surface area contributed by atoms with Gasteiger partial charge in [-0.05, 0) is 38.1 Å². The molecule has 26 heavy (non-hydrogen) atoms. The van der Waals surface area contributed by atoms with Crippen LogP contribution in [0.5, 0.6) is 5.75 Å². The smallest absolute Gasteiger partial charge is 0.254 e. The van der Waals surface area contributed by atoms with E-state index in [-0.39, 0.29) is 24.1 Å². The van der Waals surface area contributed by atoms with Gasteiger partial charge < -0.3 is 15.2 Å². The Morgan fingerprint density at radius 3 is 2.88 bits per heavy atom. The van der Waals surface area contributed by atoms with Crippen molar-refractivity contribution in [3.05, 3.63) is 42.5 Å². The predicted octanol–water partition coefficient (Wildman–Crippen LogP) is 0.580. The molecule has 2 fully saturated rings. The highest BCUT2D eigenvalue weighted by atomic mass is 16.5. The summed E-state index contributed by atoms with van der Waals surface area (Å²) in [4.78, 5) is 18.8. The molecular weight excluding hydrogens is 334 g/mol. The molecule has 0 spiro atoms. The molecule has 3 heterocycles. The minimum Gasteiger partial charge on any atom is -0.486 e. The molecule has 4 atom stereocenters. The highest BCUT2D eigenvalue weighted by Crippen LogP contribution is 2.31. The first-order valence-corrected chi connectivity index (χ1v) is 9.01. The summed E-state index contributed by atoms with van der Waals surface area (Å²) in [5.41, 5.74) is 0.483. The van der Waals surface area contributed by atoms with Gasteiger partial charge in [0.25, 0.3) is 5.91 Å². The van der Waals surface area contributed by atoms with E-state index in [9.17, 15) is 9.90 Å². The first kappa shape index (κ1) is 17.0. The number of amides is 1. The van der Waals surface area contributed by atoms with Crippen molar-refractivity contribution in [2.45, 2.75) is 43.6 Å². The van der Waals surface area contributed by atoms with Gasteiger partial charge in [0.15, 0.2) is 0 Å². The third-order valence-corrected chi connectivity index (χ3v) is 5.19. The molecule has 1 aliphatic carbocycles. The van der Waals surface area contributed by atoms with Gasteiger partial charge >= 0.3 is 0 Å². The monoisotopic (exact) mass is 357 g/mol. The number of rotatable bonds is 5. The highest BCUT2D eigenvalue weighted by Gasteiger charge is 2.47. The third-order valence-electron chi connectivity index (χ3n) is 5.19. The summed E-state index contributed by atoms with van der Waals surface area (Å²) in [6, 6.07) is 3.27. The van der Waals surface area contributed by atoms with Crippen molar-refractivity contribution < 1.29 is 14.6 Å². The highest BCUT2D eigenvalue weighted by molar-refractivity contribution is 5.93. The first-order chi connectivity index (χ1) is 12.7. The first-order valence-electron chi connectivity index (χ1n) is 9.01. The Labute approximate surface area is 151 Å². The van der Waals surface area contributed by atoms with Gasteiger partial charge in [0, 0.05) is 18.8 Å². The number of hydrogen-bond acceptors (Lipinski definition) is 6. The van der Waals surface area contributed by atoms with Crippen LogP contribution < -0.4 is 10.1 Å². The van der Waals surface area contributed by atoms with Crippen molar-refractivity contribution in [1.29, 1.82) is 0 Å². The van der Waals surface area contributed by atoms with E-state index in [0.29, 0.717) is 17.7 Å². The summed E-state index contributed by atoms with van der Waals surface area (Å²) >= 11 is 0. The van der Waals surface area contributed by atoms with Crippen LogP contribution in [0.25, 0.3) is 0 Å². The molecule has 8 heteroatoms. The van der Waals surface area contributed by atoms with Gasteiger partial charge in [-0.15, -0.1) is 0 Å². The summed E-state index contributed by atoms with van der Waals surface area (Å²) in [5, 5.41) is 20.5. The number of carbonyl (C=O) groups is 1. The van der Waals surface area contributed by atoms with Crippen molar-refractivity contribution in [1.82, 2.24) is 25.4 Å². The standard InChI is InChI=1S/C18H23N5O3/c24-17-15(26-13-4-3-5-19-11-13)8-14(16(17)23-6-1-2-7-23)22-18(25)12-9-20-21-10-12/h3-5,9-11,14-17,24H,1-2,6-8H2,(H,20,21)(H,22,25)/t14-,15-,16+,17+/m1/s1. The van der Waals surface area contributed by atoms with Gasteiger partial charge in [-0.2, -0.15) is 5.10 Å². The lowest BCUT2D eigenvalue weighted by molar-refractivity contribution is 0.0138. The second kappa shape index (κ2) is 7.43. The minimum atomic E-state index is -0.678. The molecule has 0 aromatic carbocycles. The molecule has 2 aromatic rings. The molecule has 0 bridgehead atoms. The van der Waals surface area contributed by atoms with E-state index in [4.69, 9.17) is 4.74 Å². The lowest BCUT2D eigenvalue weighted by Gasteiger charge is -2.31. The Bertz CT molecular complexity index is 718. The molecule has 1 amide bonds. The normalized spacial score (nSPS) is 29.0. The lowest BCUT2D eigenvalue weighted by Crippen LogP contribution is -2.52. The zero-order valence-corrected chi connectivity index (χ0v) is 14.4. The molecule has 0 unspecified atom stereocenters. The van der Waals surface area contributed by atoms with E-state index in [1.807, 2.05) is 6.07 Å². The van der Waals surface area contributed by atoms with Gasteiger partial charge in [-0.3, -0.25) is 19.8 Å². The number of nitrogens with one attached hydrogen (secondary N) is 2. The molecule has 138 valence electrons. The second-order valence-corrected chi connectivity index (χ2v) is 6.87. The van der Waals surface area contributed by atoms with Crippen LogP contribution in [0.2, 0.25) is 0 Å². The summed E-state index contributed by atoms with van der Waals surface area (Å²) in [5.74, 6) is 0.431. The van der Waals surface area contributed by atoms with Gasteiger partial charge in [-0.25, -0.2) is 0 Å². The van der Waals surface area contributed by atoms with E-state index in [2.05, 4.69) is 25.4 Å². The number of pyridine rings is 1. The van der Waals surface area contributed by atoms with Crippen LogP contribution in [-0.4, -0.2) is 68.5 Å². The fraction of sp³-hybridized carbons (Fsp3) is 0.500. The Morgan fingerprint density at radius 2 is 2.19 bits per heavy atom. The van der Waals surface area contributed by atoms with Crippen LogP contribution in [0, 0.1) is 0 Å². The van der Waals surface area contributed by atoms with Gasteiger partial charge in [0.2, 0.25) is 0 Å². The number of ether oxygens (including phenoxy) is 1. The van der Waals surface area contributed by atoms with E-state index >= 15 is 0 Å². The number of aliphatic hydroxyl groups excluding tert-OH is 1. The number of hydrogen-bond donors (Lipinski definition) is 3. The molecule has 2 aliphatic rings. The number of H-pyrrole nitrogens is 1. The molecule has 1 saturated carbocycles. The molecule has 3 N–H and O–H groups in total. The average molecular weight is 357 g/mol. The molecule has 2 aromatic heterocycles. The zero-order chi connectivity index (χ0) is 17.9. The van der Waals surface area contributed by atoms with Gasteiger partial charge in [0.1, 0.15) is 18.0 Å². The van der Waals surface area contributed by atoms with Crippen molar-refractivity contribution in [2.75, 3.05) is 13.1 Å². The minimum absolute atomic E-state index is 0.157. The number of nitrogens with zero attached hydrogens (tertiary/aromatic N) is 3. The Morgan fingerprint density at radius 1 is 1.35 bits per heavy atom. The van der Waals surface area contributed by atoms with Crippen LogP contribution in [0.4, 0.5) is 0 Å². The molecule has 4 rings (SSSR count). The van der Waals surface area contributed by atoms with Crippen LogP contribution in [-0.2, 0) is 0 Å². The van der Waals surface area contributed by atoms with E-state index in [1.54, 1.807) is 24.7 Å². The van der Waals surface area contributed by atoms with E-state index < -0.39 is 6.10 Å². The number of aromatic nitrogens is 3. The number of aromatic amines is 1. The molecule has 1 aliphatic heterocycles. The topological polar surface area (TPSA) is 103 Å². The number of likely N-dealkylation sites (tertiary alicyclic amines) is 1. The van der Waals surface area contributed by atoms with Crippen molar-refractivity contribution in [3.8, 4) is 5.75 Å². The largest absolute Gasteiger partial charge is 0.486 e. The van der Waals surface area contributed by atoms with Crippen molar-refractivity contribution in [3.63, 3.8) is 0 Å². The van der Waals surface area contributed by atoms with Gasteiger partial charge in [-0.1, -0.05) is 0 Å². The van der Waals surface area contributed by atoms with E-state index in [1.165, 1.54) is 6.20 Å². The maximum atomic E-state index is 12.5. The SMILES string of the molecule is O=C(N[C@@H]1C[C@@H](Oc2cccnc2)[C@H](O)[C@H]1N1CCCC1)c1cn[nH]c1. The third kappa shape index (κ3) is 3.42. The maximum absolute atomic E-state index is 12.5. The van der Waals surface area contributed by atoms with Crippen LogP contribution in [0.15, 0.2) is 36.9 Å². The Kier molecular flexibility index (Phi) is 4.85. The van der Waals surface area contributed by atoms with E-state index in [0.717, 1.165) is 25.9 Å². The van der Waals surface area contributed by atoms with Gasteiger partial charge in [0.05, 0.1) is 30.0 Å². The van der Waals surface area contributed by atoms with Crippen LogP contribution in [0.3, 0.4) is 0 Å². The fourth-order valence-corrected chi connectivity index (χ4v) is 3.98. The summed E-state index contributed by atoms with van der Waals surface area (Å²) < 4.78 is 5.97. The summed E-state index contributed by atoms with van der Waals surface area (Å²) in [6.45, 7) is 1.86.